The van der Waals surface area contributed by atoms with Gasteiger partial charge in [-0.05, 0) is 62.8 Å². The quantitative estimate of drug-likeness (QED) is 0.775. The lowest BCUT2D eigenvalue weighted by Gasteiger charge is -2.43. The summed E-state index contributed by atoms with van der Waals surface area (Å²) in [6.07, 6.45) is 2.39. The van der Waals surface area contributed by atoms with E-state index in [1.165, 1.54) is 21.1 Å². The number of nitrogens with one attached hydrogen (secondary N) is 1. The molecular weight excluding hydrogens is 380 g/mol. The van der Waals surface area contributed by atoms with Gasteiger partial charge in [-0.15, -0.1) is 0 Å². The molecule has 1 fully saturated rings. The Morgan fingerprint density at radius 2 is 1.95 bits per heavy atom. The van der Waals surface area contributed by atoms with Gasteiger partial charge >= 0.3 is 0 Å². The summed E-state index contributed by atoms with van der Waals surface area (Å²) in [7, 11) is 0. The third-order valence-electron chi connectivity index (χ3n) is 3.95. The SMILES string of the molecule is CCC1CNC(CC(C)C)CN1c1c(Br)cccc1Br. The summed E-state index contributed by atoms with van der Waals surface area (Å²) in [6, 6.07) is 7.48. The van der Waals surface area contributed by atoms with Gasteiger partial charge in [-0.2, -0.15) is 0 Å². The Kier molecular flexibility index (Phi) is 5.94. The first-order chi connectivity index (χ1) is 9.52. The predicted molar refractivity (Wildman–Crippen MR) is 94.5 cm³/mol. The fourth-order valence-corrected chi connectivity index (χ4v) is 4.45. The van der Waals surface area contributed by atoms with Crippen LogP contribution in [-0.2, 0) is 0 Å². The summed E-state index contributed by atoms with van der Waals surface area (Å²) in [5.74, 6) is 0.732. The van der Waals surface area contributed by atoms with Crippen molar-refractivity contribution < 1.29 is 0 Å². The van der Waals surface area contributed by atoms with Crippen LogP contribution in [0.4, 0.5) is 5.69 Å². The van der Waals surface area contributed by atoms with Crippen LogP contribution >= 0.6 is 31.9 Å². The Morgan fingerprint density at radius 1 is 1.30 bits per heavy atom. The van der Waals surface area contributed by atoms with Crippen molar-refractivity contribution in [2.24, 2.45) is 5.92 Å². The first-order valence-electron chi connectivity index (χ1n) is 7.47. The van der Waals surface area contributed by atoms with Crippen molar-refractivity contribution in [3.8, 4) is 0 Å². The third-order valence-corrected chi connectivity index (χ3v) is 5.23. The molecule has 2 nitrogen and oxygen atoms in total. The average molecular weight is 404 g/mol. The first-order valence-corrected chi connectivity index (χ1v) is 9.05. The highest BCUT2D eigenvalue weighted by molar-refractivity contribution is 9.11. The number of nitrogens with zero attached hydrogens (tertiary/aromatic N) is 1. The lowest BCUT2D eigenvalue weighted by Crippen LogP contribution is -2.57. The van der Waals surface area contributed by atoms with Gasteiger partial charge in [0.1, 0.15) is 0 Å². The molecule has 0 radical (unpaired) electrons. The smallest absolute Gasteiger partial charge is 0.0658 e. The predicted octanol–water partition coefficient (Wildman–Crippen LogP) is 4.81. The monoisotopic (exact) mass is 402 g/mol. The van der Waals surface area contributed by atoms with E-state index in [2.05, 4.69) is 81.0 Å². The molecule has 0 spiro atoms. The van der Waals surface area contributed by atoms with Crippen LogP contribution in [0.2, 0.25) is 0 Å². The Balaban J connectivity index is 2.25. The second-order valence-electron chi connectivity index (χ2n) is 6.02. The molecule has 0 aliphatic carbocycles. The molecule has 0 aromatic heterocycles. The van der Waals surface area contributed by atoms with E-state index in [0.717, 1.165) is 25.4 Å². The van der Waals surface area contributed by atoms with E-state index >= 15 is 0 Å². The van der Waals surface area contributed by atoms with Crippen LogP contribution in [0.5, 0.6) is 0 Å². The largest absolute Gasteiger partial charge is 0.364 e. The highest BCUT2D eigenvalue weighted by Gasteiger charge is 2.29. The Hall–Kier alpha value is -0.0600. The molecule has 1 saturated heterocycles. The highest BCUT2D eigenvalue weighted by Crippen LogP contribution is 2.36. The zero-order valence-electron chi connectivity index (χ0n) is 12.5. The first kappa shape index (κ1) is 16.3. The van der Waals surface area contributed by atoms with E-state index in [1.807, 2.05) is 0 Å². The van der Waals surface area contributed by atoms with Gasteiger partial charge < -0.3 is 10.2 Å². The molecule has 1 aromatic rings. The summed E-state index contributed by atoms with van der Waals surface area (Å²) >= 11 is 7.44. The van der Waals surface area contributed by atoms with Crippen LogP contribution in [0.25, 0.3) is 0 Å². The summed E-state index contributed by atoms with van der Waals surface area (Å²) in [4.78, 5) is 2.57. The number of piperazine rings is 1. The van der Waals surface area contributed by atoms with Gasteiger partial charge in [-0.3, -0.25) is 0 Å². The number of anilines is 1. The molecule has 2 atom stereocenters. The Bertz CT molecular complexity index is 428. The zero-order chi connectivity index (χ0) is 14.7. The second kappa shape index (κ2) is 7.28. The minimum Gasteiger partial charge on any atom is -0.364 e. The topological polar surface area (TPSA) is 15.3 Å². The maximum Gasteiger partial charge on any atom is 0.0658 e. The van der Waals surface area contributed by atoms with E-state index < -0.39 is 0 Å². The maximum absolute atomic E-state index is 3.72. The van der Waals surface area contributed by atoms with E-state index in [-0.39, 0.29) is 0 Å². The summed E-state index contributed by atoms with van der Waals surface area (Å²) < 4.78 is 2.35. The normalized spacial score (nSPS) is 23.4. The molecule has 4 heteroatoms. The van der Waals surface area contributed by atoms with Gasteiger partial charge in [-0.1, -0.05) is 26.8 Å². The van der Waals surface area contributed by atoms with Gasteiger partial charge in [0, 0.05) is 34.1 Å². The van der Waals surface area contributed by atoms with Crippen molar-refractivity contribution in [3.05, 3.63) is 27.1 Å². The standard InChI is InChI=1S/C16H24Br2N2/c1-4-13-9-19-12(8-11(2)3)10-20(13)16-14(17)6-5-7-15(16)18/h5-7,11-13,19H,4,8-10H2,1-3H3. The van der Waals surface area contributed by atoms with Crippen LogP contribution in [-0.4, -0.2) is 25.2 Å². The van der Waals surface area contributed by atoms with Crippen LogP contribution < -0.4 is 10.2 Å². The van der Waals surface area contributed by atoms with Crippen molar-refractivity contribution in [1.29, 1.82) is 0 Å². The minimum absolute atomic E-state index is 0.563. The second-order valence-corrected chi connectivity index (χ2v) is 7.73. The summed E-state index contributed by atoms with van der Waals surface area (Å²) in [5, 5.41) is 3.72. The molecule has 1 N–H and O–H groups in total. The van der Waals surface area contributed by atoms with Gasteiger partial charge in [0.05, 0.1) is 5.69 Å². The molecule has 112 valence electrons. The lowest BCUT2D eigenvalue weighted by atomic mass is 9.98. The molecule has 1 aliphatic heterocycles. The van der Waals surface area contributed by atoms with Crippen molar-refractivity contribution in [2.75, 3.05) is 18.0 Å². The van der Waals surface area contributed by atoms with Gasteiger partial charge in [-0.25, -0.2) is 0 Å². The fourth-order valence-electron chi connectivity index (χ4n) is 2.99. The van der Waals surface area contributed by atoms with Gasteiger partial charge in [0.25, 0.3) is 0 Å². The van der Waals surface area contributed by atoms with Crippen LogP contribution in [0.1, 0.15) is 33.6 Å². The van der Waals surface area contributed by atoms with Crippen LogP contribution in [0, 0.1) is 5.92 Å². The Labute approximate surface area is 139 Å². The van der Waals surface area contributed by atoms with E-state index in [9.17, 15) is 0 Å². The van der Waals surface area contributed by atoms with E-state index in [1.54, 1.807) is 0 Å². The van der Waals surface area contributed by atoms with E-state index in [4.69, 9.17) is 0 Å². The molecular formula is C16H24Br2N2. The lowest BCUT2D eigenvalue weighted by molar-refractivity contribution is 0.343. The molecule has 2 rings (SSSR count). The van der Waals surface area contributed by atoms with Crippen LogP contribution in [0.3, 0.4) is 0 Å². The Morgan fingerprint density at radius 3 is 2.50 bits per heavy atom. The summed E-state index contributed by atoms with van der Waals surface area (Å²) in [5.41, 5.74) is 1.30. The maximum atomic E-state index is 3.72. The molecule has 0 amide bonds. The van der Waals surface area contributed by atoms with Crippen molar-refractivity contribution in [3.63, 3.8) is 0 Å². The average Bonchev–Trinajstić information content (AvgIpc) is 2.38. The number of hydrogen-bond donors (Lipinski definition) is 1. The van der Waals surface area contributed by atoms with Crippen LogP contribution in [0.15, 0.2) is 27.1 Å². The zero-order valence-corrected chi connectivity index (χ0v) is 15.7. The van der Waals surface area contributed by atoms with E-state index in [0.29, 0.717) is 12.1 Å². The van der Waals surface area contributed by atoms with Crippen molar-refractivity contribution >= 4 is 37.5 Å². The number of para-hydroxylation sites is 1. The highest BCUT2D eigenvalue weighted by atomic mass is 79.9. The molecule has 0 saturated carbocycles. The number of benzene rings is 1. The number of halogens is 2. The molecule has 1 aliphatic rings. The van der Waals surface area contributed by atoms with Gasteiger partial charge in [0.2, 0.25) is 0 Å². The molecule has 1 heterocycles. The fraction of sp³-hybridized carbons (Fsp3) is 0.625. The van der Waals surface area contributed by atoms with Crippen molar-refractivity contribution in [1.82, 2.24) is 5.32 Å². The number of hydrogen-bond acceptors (Lipinski definition) is 2. The molecule has 20 heavy (non-hydrogen) atoms. The number of rotatable bonds is 4. The third kappa shape index (κ3) is 3.77. The molecule has 2 unspecified atom stereocenters. The molecule has 1 aromatic carbocycles. The molecule has 0 bridgehead atoms. The van der Waals surface area contributed by atoms with Gasteiger partial charge in [0.15, 0.2) is 0 Å². The summed E-state index contributed by atoms with van der Waals surface area (Å²) in [6.45, 7) is 9.02. The minimum atomic E-state index is 0.563. The van der Waals surface area contributed by atoms with Crippen molar-refractivity contribution in [2.45, 2.75) is 45.7 Å².